The average molecular weight is 181 g/mol. The second kappa shape index (κ2) is 4.62. The van der Waals surface area contributed by atoms with Crippen molar-refractivity contribution < 1.29 is 4.74 Å². The van der Waals surface area contributed by atoms with Gasteiger partial charge in [0.1, 0.15) is 0 Å². The SMILES string of the molecule is COC(C)CC1(C#N)CCCCC1. The first kappa shape index (κ1) is 10.5. The molecule has 2 nitrogen and oxygen atoms in total. The first-order chi connectivity index (χ1) is 6.22. The first-order valence-corrected chi connectivity index (χ1v) is 5.16. The molecular formula is C11H19NO. The monoisotopic (exact) mass is 181 g/mol. The molecule has 0 spiro atoms. The lowest BCUT2D eigenvalue weighted by Gasteiger charge is -2.32. The molecule has 0 aromatic rings. The van der Waals surface area contributed by atoms with Crippen LogP contribution >= 0.6 is 0 Å². The number of nitrogens with zero attached hydrogens (tertiary/aromatic N) is 1. The Hall–Kier alpha value is -0.550. The van der Waals surface area contributed by atoms with Gasteiger partial charge in [0, 0.05) is 7.11 Å². The summed E-state index contributed by atoms with van der Waals surface area (Å²) in [5.41, 5.74) is -0.0757. The molecule has 1 aliphatic carbocycles. The molecule has 1 fully saturated rings. The minimum atomic E-state index is -0.0757. The van der Waals surface area contributed by atoms with Gasteiger partial charge in [-0.15, -0.1) is 0 Å². The van der Waals surface area contributed by atoms with Crippen LogP contribution < -0.4 is 0 Å². The molecule has 13 heavy (non-hydrogen) atoms. The fourth-order valence-corrected chi connectivity index (χ4v) is 2.22. The normalized spacial score (nSPS) is 23.5. The molecule has 1 saturated carbocycles. The van der Waals surface area contributed by atoms with E-state index in [0.717, 1.165) is 19.3 Å². The van der Waals surface area contributed by atoms with Gasteiger partial charge in [-0.25, -0.2) is 0 Å². The number of methoxy groups -OCH3 is 1. The van der Waals surface area contributed by atoms with Crippen molar-refractivity contribution in [1.82, 2.24) is 0 Å². The maximum absolute atomic E-state index is 9.18. The van der Waals surface area contributed by atoms with Gasteiger partial charge < -0.3 is 4.74 Å². The van der Waals surface area contributed by atoms with Crippen LogP contribution in [0.25, 0.3) is 0 Å². The van der Waals surface area contributed by atoms with Crippen LogP contribution in [0.2, 0.25) is 0 Å². The van der Waals surface area contributed by atoms with Gasteiger partial charge in [-0.05, 0) is 26.2 Å². The highest BCUT2D eigenvalue weighted by atomic mass is 16.5. The highest BCUT2D eigenvalue weighted by Crippen LogP contribution is 2.39. The molecule has 2 heteroatoms. The van der Waals surface area contributed by atoms with Crippen LogP contribution in [0.5, 0.6) is 0 Å². The van der Waals surface area contributed by atoms with Gasteiger partial charge >= 0.3 is 0 Å². The minimum absolute atomic E-state index is 0.0757. The Bertz CT molecular complexity index is 189. The van der Waals surface area contributed by atoms with Gasteiger partial charge in [0.25, 0.3) is 0 Å². The molecule has 1 unspecified atom stereocenters. The summed E-state index contributed by atoms with van der Waals surface area (Å²) in [6.07, 6.45) is 6.98. The van der Waals surface area contributed by atoms with E-state index >= 15 is 0 Å². The van der Waals surface area contributed by atoms with E-state index in [-0.39, 0.29) is 11.5 Å². The molecule has 0 saturated heterocycles. The molecule has 0 N–H and O–H groups in total. The van der Waals surface area contributed by atoms with E-state index in [0.29, 0.717) is 0 Å². The van der Waals surface area contributed by atoms with Crippen LogP contribution in [-0.4, -0.2) is 13.2 Å². The molecule has 74 valence electrons. The highest BCUT2D eigenvalue weighted by molar-refractivity contribution is 5.01. The predicted molar refractivity (Wildman–Crippen MR) is 52.2 cm³/mol. The first-order valence-electron chi connectivity index (χ1n) is 5.16. The fraction of sp³-hybridized carbons (Fsp3) is 0.909. The Labute approximate surface area is 80.9 Å². The summed E-state index contributed by atoms with van der Waals surface area (Å²) in [5.74, 6) is 0. The van der Waals surface area contributed by atoms with Crippen LogP contribution in [0.15, 0.2) is 0 Å². The number of hydrogen-bond donors (Lipinski definition) is 0. The number of ether oxygens (including phenoxy) is 1. The van der Waals surface area contributed by atoms with E-state index in [9.17, 15) is 5.26 Å². The second-order valence-corrected chi connectivity index (χ2v) is 4.20. The smallest absolute Gasteiger partial charge is 0.0690 e. The van der Waals surface area contributed by atoms with Gasteiger partial charge in [-0.3, -0.25) is 0 Å². The van der Waals surface area contributed by atoms with E-state index in [4.69, 9.17) is 4.74 Å². The van der Waals surface area contributed by atoms with Crippen molar-refractivity contribution in [3.8, 4) is 6.07 Å². The molecule has 0 amide bonds. The fourth-order valence-electron chi connectivity index (χ4n) is 2.22. The summed E-state index contributed by atoms with van der Waals surface area (Å²) < 4.78 is 5.23. The van der Waals surface area contributed by atoms with Crippen molar-refractivity contribution in [2.75, 3.05) is 7.11 Å². The second-order valence-electron chi connectivity index (χ2n) is 4.20. The van der Waals surface area contributed by atoms with Crippen molar-refractivity contribution >= 4 is 0 Å². The van der Waals surface area contributed by atoms with Crippen molar-refractivity contribution in [3.05, 3.63) is 0 Å². The largest absolute Gasteiger partial charge is 0.382 e. The van der Waals surface area contributed by atoms with Crippen LogP contribution in [0.3, 0.4) is 0 Å². The Morgan fingerprint density at radius 2 is 2.00 bits per heavy atom. The Kier molecular flexibility index (Phi) is 3.74. The third kappa shape index (κ3) is 2.70. The Morgan fingerprint density at radius 3 is 2.46 bits per heavy atom. The van der Waals surface area contributed by atoms with Crippen molar-refractivity contribution in [2.24, 2.45) is 5.41 Å². The zero-order valence-corrected chi connectivity index (χ0v) is 8.68. The number of hydrogen-bond acceptors (Lipinski definition) is 2. The highest BCUT2D eigenvalue weighted by Gasteiger charge is 2.33. The van der Waals surface area contributed by atoms with Crippen molar-refractivity contribution in [1.29, 1.82) is 5.26 Å². The number of nitriles is 1. The van der Waals surface area contributed by atoms with Gasteiger partial charge in [-0.1, -0.05) is 19.3 Å². The van der Waals surface area contributed by atoms with Crippen LogP contribution in [-0.2, 0) is 4.74 Å². The summed E-state index contributed by atoms with van der Waals surface area (Å²) >= 11 is 0. The predicted octanol–water partition coefficient (Wildman–Crippen LogP) is 2.89. The van der Waals surface area contributed by atoms with Crippen LogP contribution in [0.4, 0.5) is 0 Å². The molecular weight excluding hydrogens is 162 g/mol. The lowest BCUT2D eigenvalue weighted by atomic mass is 9.72. The maximum Gasteiger partial charge on any atom is 0.0690 e. The van der Waals surface area contributed by atoms with Crippen LogP contribution in [0, 0.1) is 16.7 Å². The lowest BCUT2D eigenvalue weighted by Crippen LogP contribution is -2.27. The van der Waals surface area contributed by atoms with Crippen molar-refractivity contribution in [2.45, 2.75) is 51.6 Å². The Balaban J connectivity index is 2.53. The van der Waals surface area contributed by atoms with Gasteiger partial charge in [-0.2, -0.15) is 5.26 Å². The maximum atomic E-state index is 9.18. The average Bonchev–Trinajstić information content (AvgIpc) is 2.19. The van der Waals surface area contributed by atoms with Gasteiger partial charge in [0.15, 0.2) is 0 Å². The van der Waals surface area contributed by atoms with E-state index in [1.807, 2.05) is 6.92 Å². The third-order valence-electron chi connectivity index (χ3n) is 3.13. The molecule has 0 bridgehead atoms. The molecule has 1 rings (SSSR count). The summed E-state index contributed by atoms with van der Waals surface area (Å²) in [6.45, 7) is 2.05. The molecule has 1 atom stereocenters. The number of rotatable bonds is 3. The Morgan fingerprint density at radius 1 is 1.38 bits per heavy atom. The van der Waals surface area contributed by atoms with Gasteiger partial charge in [0.05, 0.1) is 17.6 Å². The van der Waals surface area contributed by atoms with Crippen molar-refractivity contribution in [3.63, 3.8) is 0 Å². The standard InChI is InChI=1S/C11H19NO/c1-10(13-2)8-11(9-12)6-4-3-5-7-11/h10H,3-8H2,1-2H3. The zero-order chi connectivity index (χ0) is 9.73. The molecule has 0 radical (unpaired) electrons. The molecule has 1 aliphatic rings. The minimum Gasteiger partial charge on any atom is -0.382 e. The summed E-state index contributed by atoms with van der Waals surface area (Å²) in [7, 11) is 1.72. The molecule has 0 aromatic heterocycles. The van der Waals surface area contributed by atoms with E-state index in [1.54, 1.807) is 7.11 Å². The molecule has 0 aliphatic heterocycles. The molecule has 0 heterocycles. The topological polar surface area (TPSA) is 33.0 Å². The quantitative estimate of drug-likeness (QED) is 0.670. The third-order valence-corrected chi connectivity index (χ3v) is 3.13. The van der Waals surface area contributed by atoms with Gasteiger partial charge in [0.2, 0.25) is 0 Å². The van der Waals surface area contributed by atoms with E-state index in [2.05, 4.69) is 6.07 Å². The van der Waals surface area contributed by atoms with E-state index < -0.39 is 0 Å². The summed E-state index contributed by atoms with van der Waals surface area (Å²) in [5, 5.41) is 9.18. The van der Waals surface area contributed by atoms with Crippen LogP contribution in [0.1, 0.15) is 45.4 Å². The summed E-state index contributed by atoms with van der Waals surface area (Å²) in [4.78, 5) is 0. The lowest BCUT2D eigenvalue weighted by molar-refractivity contribution is 0.0686. The summed E-state index contributed by atoms with van der Waals surface area (Å²) in [6, 6.07) is 2.50. The zero-order valence-electron chi connectivity index (χ0n) is 8.68. The van der Waals surface area contributed by atoms with E-state index in [1.165, 1.54) is 19.3 Å². The molecule has 0 aromatic carbocycles.